The zero-order chi connectivity index (χ0) is 17.3. The second-order valence-corrected chi connectivity index (χ2v) is 7.61. The summed E-state index contributed by atoms with van der Waals surface area (Å²) in [6.07, 6.45) is 6.02. The van der Waals surface area contributed by atoms with Gasteiger partial charge in [0.2, 0.25) is 0 Å². The van der Waals surface area contributed by atoms with Crippen molar-refractivity contribution in [2.75, 3.05) is 10.6 Å². The Hall–Kier alpha value is -2.00. The number of para-hydroxylation sites is 2. The highest BCUT2D eigenvalue weighted by Crippen LogP contribution is 2.39. The number of hydrogen-bond donors (Lipinski definition) is 2. The predicted octanol–water partition coefficient (Wildman–Crippen LogP) is 5.79. The fourth-order valence-corrected chi connectivity index (χ4v) is 4.21. The first-order valence-corrected chi connectivity index (χ1v) is 9.48. The number of hydrogen-bond acceptors (Lipinski definition) is 2. The number of nitrogens with zero attached hydrogens (tertiary/aromatic N) is 1. The number of halogens is 1. The molecule has 1 aliphatic heterocycles. The van der Waals surface area contributed by atoms with Crippen molar-refractivity contribution in [3.05, 3.63) is 58.6 Å². The van der Waals surface area contributed by atoms with E-state index >= 15 is 0 Å². The Kier molecular flexibility index (Phi) is 4.43. The molecule has 0 unspecified atom stereocenters. The van der Waals surface area contributed by atoms with Gasteiger partial charge in [-0.05, 0) is 49.1 Å². The zero-order valence-corrected chi connectivity index (χ0v) is 15.4. The fraction of sp³-hybridized carbons (Fsp3) is 0.381. The number of aliphatic imine (C=N–C) groups is 1. The van der Waals surface area contributed by atoms with Crippen LogP contribution in [-0.4, -0.2) is 11.4 Å². The van der Waals surface area contributed by atoms with Gasteiger partial charge in [0.15, 0.2) is 0 Å². The highest BCUT2D eigenvalue weighted by atomic mass is 35.5. The van der Waals surface area contributed by atoms with Crippen LogP contribution >= 0.6 is 11.6 Å². The zero-order valence-electron chi connectivity index (χ0n) is 14.6. The maximum atomic E-state index is 6.40. The van der Waals surface area contributed by atoms with Crippen molar-refractivity contribution < 1.29 is 0 Å². The Balaban J connectivity index is 1.67. The first-order chi connectivity index (χ1) is 12.2. The Morgan fingerprint density at radius 3 is 2.56 bits per heavy atom. The minimum atomic E-state index is -0.0657. The summed E-state index contributed by atoms with van der Waals surface area (Å²) in [4.78, 5) is 4.98. The standard InChI is InChI=1S/C21H24ClN3/c1-15-9-10-16(17(22)13-15)14-23-20-21(11-5-2-6-12-21)25-19-8-4-3-7-18(19)24-20/h3-4,7-10,13,25H,2,5-6,11-12,14H2,1H3,(H,23,24). The molecule has 0 aromatic heterocycles. The van der Waals surface area contributed by atoms with Gasteiger partial charge in [0.1, 0.15) is 5.84 Å². The van der Waals surface area contributed by atoms with Gasteiger partial charge in [0, 0.05) is 5.02 Å². The third kappa shape index (κ3) is 3.25. The normalized spacial score (nSPS) is 20.0. The Morgan fingerprint density at radius 2 is 1.80 bits per heavy atom. The second kappa shape index (κ2) is 6.72. The summed E-state index contributed by atoms with van der Waals surface area (Å²) in [5.74, 6) is 1.06. The molecule has 130 valence electrons. The number of nitrogens with one attached hydrogen (secondary N) is 2. The molecule has 4 heteroatoms. The van der Waals surface area contributed by atoms with E-state index in [1.54, 1.807) is 0 Å². The number of anilines is 2. The summed E-state index contributed by atoms with van der Waals surface area (Å²) in [5, 5.41) is 8.20. The van der Waals surface area contributed by atoms with Gasteiger partial charge in [0.05, 0.1) is 23.5 Å². The maximum Gasteiger partial charge on any atom is 0.127 e. The minimum absolute atomic E-state index is 0.0657. The molecule has 1 aliphatic carbocycles. The summed E-state index contributed by atoms with van der Waals surface area (Å²) < 4.78 is 0. The monoisotopic (exact) mass is 353 g/mol. The highest BCUT2D eigenvalue weighted by Gasteiger charge is 2.40. The molecule has 0 amide bonds. The molecule has 0 radical (unpaired) electrons. The molecular formula is C21H24ClN3. The largest absolute Gasteiger partial charge is 0.371 e. The van der Waals surface area contributed by atoms with Crippen molar-refractivity contribution >= 4 is 28.8 Å². The summed E-state index contributed by atoms with van der Waals surface area (Å²) in [6.45, 7) is 2.66. The molecule has 2 aromatic rings. The van der Waals surface area contributed by atoms with Crippen LogP contribution in [0.1, 0.15) is 43.2 Å². The van der Waals surface area contributed by atoms with E-state index in [4.69, 9.17) is 16.6 Å². The number of rotatable bonds is 2. The van der Waals surface area contributed by atoms with Crippen LogP contribution in [0, 0.1) is 6.92 Å². The smallest absolute Gasteiger partial charge is 0.127 e. The summed E-state index contributed by atoms with van der Waals surface area (Å²) >= 11 is 6.40. The lowest BCUT2D eigenvalue weighted by Crippen LogP contribution is -2.53. The molecule has 2 aliphatic rings. The van der Waals surface area contributed by atoms with Crippen molar-refractivity contribution in [1.29, 1.82) is 0 Å². The summed E-state index contributed by atoms with van der Waals surface area (Å²) in [6, 6.07) is 14.6. The van der Waals surface area contributed by atoms with Gasteiger partial charge in [0.25, 0.3) is 0 Å². The minimum Gasteiger partial charge on any atom is -0.371 e. The first kappa shape index (κ1) is 16.5. The van der Waals surface area contributed by atoms with Crippen LogP contribution < -0.4 is 10.6 Å². The molecule has 2 N–H and O–H groups in total. The summed E-state index contributed by atoms with van der Waals surface area (Å²) in [7, 11) is 0. The van der Waals surface area contributed by atoms with Crippen LogP contribution in [-0.2, 0) is 6.54 Å². The topological polar surface area (TPSA) is 36.4 Å². The molecule has 1 saturated carbocycles. The van der Waals surface area contributed by atoms with Crippen LogP contribution in [0.5, 0.6) is 0 Å². The van der Waals surface area contributed by atoms with Crippen LogP contribution in [0.2, 0.25) is 5.02 Å². The van der Waals surface area contributed by atoms with Gasteiger partial charge in [-0.3, -0.25) is 4.99 Å². The molecule has 1 spiro atoms. The van der Waals surface area contributed by atoms with E-state index < -0.39 is 0 Å². The third-order valence-corrected chi connectivity index (χ3v) is 5.68. The number of amidine groups is 1. The van der Waals surface area contributed by atoms with Crippen LogP contribution in [0.15, 0.2) is 47.5 Å². The SMILES string of the molecule is Cc1ccc(CN=C2Nc3ccccc3NC23CCCCC3)c(Cl)c1. The van der Waals surface area contributed by atoms with E-state index in [1.807, 2.05) is 6.07 Å². The van der Waals surface area contributed by atoms with E-state index in [-0.39, 0.29) is 5.54 Å². The lowest BCUT2D eigenvalue weighted by molar-refractivity contribution is 0.403. The van der Waals surface area contributed by atoms with Gasteiger partial charge in [-0.25, -0.2) is 0 Å². The lowest BCUT2D eigenvalue weighted by atomic mass is 9.79. The van der Waals surface area contributed by atoms with E-state index in [1.165, 1.54) is 30.5 Å². The molecule has 0 saturated heterocycles. The van der Waals surface area contributed by atoms with Crippen LogP contribution in [0.25, 0.3) is 0 Å². The van der Waals surface area contributed by atoms with Crippen molar-refractivity contribution in [1.82, 2.24) is 0 Å². The van der Waals surface area contributed by atoms with Gasteiger partial charge in [-0.15, -0.1) is 0 Å². The number of benzene rings is 2. The van der Waals surface area contributed by atoms with E-state index in [2.05, 4.69) is 54.0 Å². The summed E-state index contributed by atoms with van der Waals surface area (Å²) in [5.41, 5.74) is 4.47. The Bertz CT molecular complexity index is 807. The first-order valence-electron chi connectivity index (χ1n) is 9.10. The molecule has 0 atom stereocenters. The molecule has 1 fully saturated rings. The number of fused-ring (bicyclic) bond motifs is 1. The van der Waals surface area contributed by atoms with Crippen molar-refractivity contribution in [2.45, 2.75) is 51.1 Å². The van der Waals surface area contributed by atoms with Gasteiger partial charge < -0.3 is 10.6 Å². The van der Waals surface area contributed by atoms with Crippen LogP contribution in [0.4, 0.5) is 11.4 Å². The van der Waals surface area contributed by atoms with Gasteiger partial charge in [-0.1, -0.05) is 55.1 Å². The highest BCUT2D eigenvalue weighted by molar-refractivity contribution is 6.31. The van der Waals surface area contributed by atoms with E-state index in [9.17, 15) is 0 Å². The second-order valence-electron chi connectivity index (χ2n) is 7.20. The molecule has 2 aromatic carbocycles. The molecular weight excluding hydrogens is 330 g/mol. The molecule has 0 bridgehead atoms. The van der Waals surface area contributed by atoms with Gasteiger partial charge in [-0.2, -0.15) is 0 Å². The average Bonchev–Trinajstić information content (AvgIpc) is 2.62. The van der Waals surface area contributed by atoms with E-state index in [0.29, 0.717) is 6.54 Å². The maximum absolute atomic E-state index is 6.40. The quantitative estimate of drug-likeness (QED) is 0.717. The fourth-order valence-electron chi connectivity index (χ4n) is 3.92. The number of aryl methyl sites for hydroxylation is 1. The van der Waals surface area contributed by atoms with Crippen molar-refractivity contribution in [3.8, 4) is 0 Å². The molecule has 3 nitrogen and oxygen atoms in total. The predicted molar refractivity (Wildman–Crippen MR) is 107 cm³/mol. The lowest BCUT2D eigenvalue weighted by Gasteiger charge is -2.44. The van der Waals surface area contributed by atoms with Gasteiger partial charge >= 0.3 is 0 Å². The van der Waals surface area contributed by atoms with Crippen LogP contribution in [0.3, 0.4) is 0 Å². The Morgan fingerprint density at radius 1 is 1.04 bits per heavy atom. The average molecular weight is 354 g/mol. The van der Waals surface area contributed by atoms with Crippen molar-refractivity contribution in [3.63, 3.8) is 0 Å². The molecule has 25 heavy (non-hydrogen) atoms. The van der Waals surface area contributed by atoms with E-state index in [0.717, 1.165) is 35.0 Å². The Labute approximate surface area is 154 Å². The van der Waals surface area contributed by atoms with Crippen molar-refractivity contribution in [2.24, 2.45) is 4.99 Å². The molecule has 1 heterocycles. The third-order valence-electron chi connectivity index (χ3n) is 5.33. The molecule has 4 rings (SSSR count).